The van der Waals surface area contributed by atoms with E-state index in [4.69, 9.17) is 4.74 Å². The number of fused-ring (bicyclic) bond motifs is 1. The maximum Gasteiger partial charge on any atom is 0.422 e. The molecule has 154 valence electrons. The number of nitrogens with one attached hydrogen (secondary N) is 1. The van der Waals surface area contributed by atoms with Crippen LogP contribution >= 0.6 is 0 Å². The molecule has 0 aliphatic carbocycles. The van der Waals surface area contributed by atoms with Gasteiger partial charge in [-0.1, -0.05) is 24.3 Å². The fourth-order valence-electron chi connectivity index (χ4n) is 2.79. The molecule has 0 aromatic heterocycles. The lowest BCUT2D eigenvalue weighted by molar-refractivity contribution is -0.153. The van der Waals surface area contributed by atoms with Crippen molar-refractivity contribution in [2.75, 3.05) is 18.1 Å². The standard InChI is InChI=1S/C20H19F3N2O4/c1-13-19(27)25(16-4-2-3-5-17(16)29-13)11-18(26)24-10-14-6-8-15(9-7-14)28-12-20(21,22)23/h2-9,13H,10-12H2,1H3,(H,24,26). The molecule has 1 aliphatic heterocycles. The molecule has 1 aliphatic rings. The monoisotopic (exact) mass is 408 g/mol. The van der Waals surface area contributed by atoms with E-state index in [0.29, 0.717) is 17.0 Å². The average molecular weight is 408 g/mol. The first-order chi connectivity index (χ1) is 13.7. The Labute approximate surface area is 165 Å². The zero-order valence-electron chi connectivity index (χ0n) is 15.5. The van der Waals surface area contributed by atoms with Gasteiger partial charge in [0.2, 0.25) is 5.91 Å². The van der Waals surface area contributed by atoms with Crippen LogP contribution in [0.5, 0.6) is 11.5 Å². The molecule has 29 heavy (non-hydrogen) atoms. The third-order valence-electron chi connectivity index (χ3n) is 4.19. The zero-order valence-corrected chi connectivity index (χ0v) is 15.5. The van der Waals surface area contributed by atoms with Crippen molar-refractivity contribution in [3.8, 4) is 11.5 Å². The van der Waals surface area contributed by atoms with E-state index in [0.717, 1.165) is 0 Å². The van der Waals surface area contributed by atoms with Crippen LogP contribution < -0.4 is 19.7 Å². The highest BCUT2D eigenvalue weighted by atomic mass is 19.4. The summed E-state index contributed by atoms with van der Waals surface area (Å²) in [5.74, 6) is -0.0755. The van der Waals surface area contributed by atoms with Crippen LogP contribution in [0.3, 0.4) is 0 Å². The Kier molecular flexibility index (Phi) is 5.95. The molecular formula is C20H19F3N2O4. The Bertz CT molecular complexity index is 884. The van der Waals surface area contributed by atoms with Gasteiger partial charge in [-0.15, -0.1) is 0 Å². The van der Waals surface area contributed by atoms with Crippen molar-refractivity contribution in [2.24, 2.45) is 0 Å². The van der Waals surface area contributed by atoms with Crippen molar-refractivity contribution in [3.05, 3.63) is 54.1 Å². The van der Waals surface area contributed by atoms with Gasteiger partial charge in [0.1, 0.15) is 18.0 Å². The summed E-state index contributed by atoms with van der Waals surface area (Å²) in [6.45, 7) is 0.243. The van der Waals surface area contributed by atoms with Crippen molar-refractivity contribution < 1.29 is 32.2 Å². The Hall–Kier alpha value is -3.23. The van der Waals surface area contributed by atoms with E-state index in [1.54, 1.807) is 43.3 Å². The van der Waals surface area contributed by atoms with Gasteiger partial charge in [0.15, 0.2) is 12.7 Å². The molecule has 1 heterocycles. The largest absolute Gasteiger partial charge is 0.484 e. The normalized spacial score (nSPS) is 16.1. The molecule has 2 aromatic carbocycles. The van der Waals surface area contributed by atoms with Gasteiger partial charge >= 0.3 is 6.18 Å². The first-order valence-corrected chi connectivity index (χ1v) is 8.85. The van der Waals surface area contributed by atoms with E-state index in [1.165, 1.54) is 17.0 Å². The molecule has 0 fully saturated rings. The van der Waals surface area contributed by atoms with Crippen LogP contribution in [0.15, 0.2) is 48.5 Å². The van der Waals surface area contributed by atoms with Gasteiger partial charge in [-0.3, -0.25) is 14.5 Å². The smallest absolute Gasteiger partial charge is 0.422 e. The van der Waals surface area contributed by atoms with Crippen LogP contribution in [-0.2, 0) is 16.1 Å². The SMILES string of the molecule is CC1Oc2ccccc2N(CC(=O)NCc2ccc(OCC(F)(F)F)cc2)C1=O. The number of ether oxygens (including phenoxy) is 2. The third-order valence-corrected chi connectivity index (χ3v) is 4.19. The lowest BCUT2D eigenvalue weighted by Crippen LogP contribution is -2.48. The number of para-hydroxylation sites is 2. The lowest BCUT2D eigenvalue weighted by Gasteiger charge is -2.32. The van der Waals surface area contributed by atoms with E-state index in [-0.39, 0.29) is 30.7 Å². The highest BCUT2D eigenvalue weighted by molar-refractivity contribution is 6.03. The minimum atomic E-state index is -4.40. The molecule has 9 heteroatoms. The van der Waals surface area contributed by atoms with Crippen molar-refractivity contribution in [1.29, 1.82) is 0 Å². The van der Waals surface area contributed by atoms with Crippen LogP contribution in [0.2, 0.25) is 0 Å². The highest BCUT2D eigenvalue weighted by Crippen LogP contribution is 2.33. The number of carbonyl (C=O) groups is 2. The molecule has 1 unspecified atom stereocenters. The minimum Gasteiger partial charge on any atom is -0.484 e. The second-order valence-corrected chi connectivity index (χ2v) is 6.48. The number of hydrogen-bond donors (Lipinski definition) is 1. The van der Waals surface area contributed by atoms with E-state index in [9.17, 15) is 22.8 Å². The van der Waals surface area contributed by atoms with E-state index in [1.807, 2.05) is 0 Å². The summed E-state index contributed by atoms with van der Waals surface area (Å²) in [7, 11) is 0. The number of anilines is 1. The minimum absolute atomic E-state index is 0.0851. The number of nitrogens with zero attached hydrogens (tertiary/aromatic N) is 1. The molecule has 0 radical (unpaired) electrons. The fourth-order valence-corrected chi connectivity index (χ4v) is 2.79. The van der Waals surface area contributed by atoms with Crippen molar-refractivity contribution in [1.82, 2.24) is 5.32 Å². The topological polar surface area (TPSA) is 67.9 Å². The maximum atomic E-state index is 12.4. The van der Waals surface area contributed by atoms with Crippen molar-refractivity contribution >= 4 is 17.5 Å². The summed E-state index contributed by atoms with van der Waals surface area (Å²) in [5.41, 5.74) is 1.21. The van der Waals surface area contributed by atoms with Crippen molar-refractivity contribution in [3.63, 3.8) is 0 Å². The van der Waals surface area contributed by atoms with Crippen LogP contribution in [0, 0.1) is 0 Å². The van der Waals surface area contributed by atoms with E-state index < -0.39 is 18.9 Å². The third kappa shape index (κ3) is 5.40. The Morgan fingerprint density at radius 3 is 2.55 bits per heavy atom. The summed E-state index contributed by atoms with van der Waals surface area (Å²) >= 11 is 0. The quantitative estimate of drug-likeness (QED) is 0.798. The predicted octanol–water partition coefficient (Wildman–Crippen LogP) is 3.06. The number of alkyl halides is 3. The predicted molar refractivity (Wildman–Crippen MR) is 98.7 cm³/mol. The van der Waals surface area contributed by atoms with Crippen LogP contribution in [0.25, 0.3) is 0 Å². The molecule has 0 saturated carbocycles. The molecule has 0 saturated heterocycles. The summed E-state index contributed by atoms with van der Waals surface area (Å²) in [6, 6.07) is 12.9. The second kappa shape index (κ2) is 8.42. The summed E-state index contributed by atoms with van der Waals surface area (Å²) in [5, 5.41) is 2.69. The Morgan fingerprint density at radius 1 is 1.17 bits per heavy atom. The lowest BCUT2D eigenvalue weighted by atomic mass is 10.2. The van der Waals surface area contributed by atoms with Crippen LogP contribution in [0.4, 0.5) is 18.9 Å². The van der Waals surface area contributed by atoms with Crippen LogP contribution in [0.1, 0.15) is 12.5 Å². The molecule has 0 spiro atoms. The molecule has 1 atom stereocenters. The Morgan fingerprint density at radius 2 is 1.86 bits per heavy atom. The fraction of sp³-hybridized carbons (Fsp3) is 0.300. The first-order valence-electron chi connectivity index (χ1n) is 8.85. The molecule has 1 N–H and O–H groups in total. The average Bonchev–Trinajstić information content (AvgIpc) is 2.68. The van der Waals surface area contributed by atoms with Gasteiger partial charge in [0.05, 0.1) is 5.69 Å². The maximum absolute atomic E-state index is 12.4. The molecule has 3 rings (SSSR count). The van der Waals surface area contributed by atoms with Crippen LogP contribution in [-0.4, -0.2) is 37.2 Å². The van der Waals surface area contributed by atoms with E-state index in [2.05, 4.69) is 10.1 Å². The highest BCUT2D eigenvalue weighted by Gasteiger charge is 2.32. The number of amides is 2. The number of halogens is 3. The molecule has 0 bridgehead atoms. The molecule has 2 aromatic rings. The van der Waals surface area contributed by atoms with Gasteiger partial charge in [0.25, 0.3) is 5.91 Å². The molecule has 2 amide bonds. The molecular weight excluding hydrogens is 389 g/mol. The second-order valence-electron chi connectivity index (χ2n) is 6.48. The first kappa shape index (κ1) is 20.5. The zero-order chi connectivity index (χ0) is 21.0. The summed E-state index contributed by atoms with van der Waals surface area (Å²) in [4.78, 5) is 26.1. The summed E-state index contributed by atoms with van der Waals surface area (Å²) in [6.07, 6.45) is -5.10. The van der Waals surface area contributed by atoms with Gasteiger partial charge in [-0.2, -0.15) is 13.2 Å². The van der Waals surface area contributed by atoms with Gasteiger partial charge < -0.3 is 14.8 Å². The van der Waals surface area contributed by atoms with Gasteiger partial charge in [-0.25, -0.2) is 0 Å². The number of hydrogen-bond acceptors (Lipinski definition) is 4. The number of benzene rings is 2. The Balaban J connectivity index is 1.55. The van der Waals surface area contributed by atoms with Gasteiger partial charge in [-0.05, 0) is 36.8 Å². The van der Waals surface area contributed by atoms with E-state index >= 15 is 0 Å². The summed E-state index contributed by atoms with van der Waals surface area (Å²) < 4.78 is 46.6. The number of carbonyl (C=O) groups excluding carboxylic acids is 2. The molecule has 6 nitrogen and oxygen atoms in total. The number of rotatable bonds is 6. The van der Waals surface area contributed by atoms with Gasteiger partial charge in [0, 0.05) is 6.54 Å². The van der Waals surface area contributed by atoms with Crippen molar-refractivity contribution in [2.45, 2.75) is 25.7 Å².